The molecule has 0 aliphatic heterocycles. The summed E-state index contributed by atoms with van der Waals surface area (Å²) in [6, 6.07) is 15.9. The predicted molar refractivity (Wildman–Crippen MR) is 87.6 cm³/mol. The Morgan fingerprint density at radius 2 is 1.64 bits per heavy atom. The summed E-state index contributed by atoms with van der Waals surface area (Å²) in [6.07, 6.45) is 0. The maximum absolute atomic E-state index is 5.89. The summed E-state index contributed by atoms with van der Waals surface area (Å²) in [4.78, 5) is 4.57. The molecular weight excluding hydrogens is 276 g/mol. The van der Waals surface area contributed by atoms with E-state index in [4.69, 9.17) is 9.47 Å². The maximum Gasteiger partial charge on any atom is 0.161 e. The maximum atomic E-state index is 5.89. The number of para-hydroxylation sites is 4. The molecule has 3 aromatic rings. The van der Waals surface area contributed by atoms with E-state index in [2.05, 4.69) is 15.6 Å². The highest BCUT2D eigenvalue weighted by Crippen LogP contribution is 2.26. The lowest BCUT2D eigenvalue weighted by Gasteiger charge is -2.12. The quantitative estimate of drug-likeness (QED) is 0.693. The molecule has 0 radical (unpaired) electrons. The molecule has 4 nitrogen and oxygen atoms in total. The first-order chi connectivity index (χ1) is 10.8. The van der Waals surface area contributed by atoms with Crippen LogP contribution < -0.4 is 9.47 Å². The predicted octanol–water partition coefficient (Wildman–Crippen LogP) is 3.82. The van der Waals surface area contributed by atoms with Crippen molar-refractivity contribution in [3.05, 3.63) is 54.4 Å². The first-order valence-corrected chi connectivity index (χ1v) is 7.56. The molecule has 0 bridgehead atoms. The molecule has 114 valence electrons. The fourth-order valence-electron chi connectivity index (χ4n) is 2.57. The molecular formula is C18H20N2O2. The number of ether oxygens (including phenoxy) is 2. The van der Waals surface area contributed by atoms with Crippen LogP contribution in [0.2, 0.25) is 0 Å². The molecule has 1 aromatic heterocycles. The van der Waals surface area contributed by atoms with E-state index < -0.39 is 0 Å². The highest BCUT2D eigenvalue weighted by atomic mass is 16.5. The number of fused-ring (bicyclic) bond motifs is 1. The number of rotatable bonds is 6. The smallest absolute Gasteiger partial charge is 0.161 e. The molecule has 0 aliphatic carbocycles. The van der Waals surface area contributed by atoms with Crippen molar-refractivity contribution < 1.29 is 9.47 Å². The zero-order valence-corrected chi connectivity index (χ0v) is 13.0. The molecule has 0 N–H and O–H groups in total. The van der Waals surface area contributed by atoms with Gasteiger partial charge in [-0.15, -0.1) is 0 Å². The summed E-state index contributed by atoms with van der Waals surface area (Å²) in [5, 5.41) is 0. The summed E-state index contributed by atoms with van der Waals surface area (Å²) >= 11 is 0. The lowest BCUT2D eigenvalue weighted by molar-refractivity contribution is 0.267. The van der Waals surface area contributed by atoms with Gasteiger partial charge in [0.1, 0.15) is 12.4 Å². The van der Waals surface area contributed by atoms with Crippen LogP contribution in [-0.4, -0.2) is 22.8 Å². The Bertz CT molecular complexity index is 765. The SMILES string of the molecule is CCOc1ccccc1OCCn1c(C)nc2ccccc21. The minimum Gasteiger partial charge on any atom is -0.490 e. The van der Waals surface area contributed by atoms with Gasteiger partial charge in [0, 0.05) is 0 Å². The molecule has 3 rings (SSSR count). The van der Waals surface area contributed by atoms with E-state index in [1.807, 2.05) is 56.3 Å². The molecule has 0 fully saturated rings. The van der Waals surface area contributed by atoms with Crippen molar-refractivity contribution in [1.29, 1.82) is 0 Å². The number of hydrogen-bond acceptors (Lipinski definition) is 3. The van der Waals surface area contributed by atoms with Crippen LogP contribution in [0, 0.1) is 6.92 Å². The lowest BCUT2D eigenvalue weighted by atomic mass is 10.3. The number of hydrogen-bond donors (Lipinski definition) is 0. The van der Waals surface area contributed by atoms with Gasteiger partial charge in [0.05, 0.1) is 24.2 Å². The number of aryl methyl sites for hydroxylation is 1. The van der Waals surface area contributed by atoms with Crippen molar-refractivity contribution in [2.24, 2.45) is 0 Å². The first kappa shape index (κ1) is 14.4. The van der Waals surface area contributed by atoms with Crippen LogP contribution in [0.25, 0.3) is 11.0 Å². The van der Waals surface area contributed by atoms with E-state index >= 15 is 0 Å². The molecule has 0 spiro atoms. The van der Waals surface area contributed by atoms with Gasteiger partial charge in [-0.25, -0.2) is 4.98 Å². The standard InChI is InChI=1S/C18H20N2O2/c1-3-21-17-10-6-7-11-18(17)22-13-12-20-14(2)19-15-8-4-5-9-16(15)20/h4-11H,3,12-13H2,1-2H3. The minimum absolute atomic E-state index is 0.575. The van der Waals surface area contributed by atoms with E-state index in [1.54, 1.807) is 0 Å². The lowest BCUT2D eigenvalue weighted by Crippen LogP contribution is -2.10. The summed E-state index contributed by atoms with van der Waals surface area (Å²) in [5.41, 5.74) is 2.16. The third kappa shape index (κ3) is 2.91. The van der Waals surface area contributed by atoms with Crippen molar-refractivity contribution in [1.82, 2.24) is 9.55 Å². The van der Waals surface area contributed by atoms with Crippen LogP contribution in [0.5, 0.6) is 11.5 Å². The molecule has 2 aromatic carbocycles. The number of nitrogens with zero attached hydrogens (tertiary/aromatic N) is 2. The summed E-state index contributed by atoms with van der Waals surface area (Å²) < 4.78 is 13.6. The number of aromatic nitrogens is 2. The van der Waals surface area contributed by atoms with Crippen LogP contribution in [0.15, 0.2) is 48.5 Å². The minimum atomic E-state index is 0.575. The van der Waals surface area contributed by atoms with Crippen LogP contribution >= 0.6 is 0 Å². The molecule has 0 atom stereocenters. The number of imidazole rings is 1. The van der Waals surface area contributed by atoms with Gasteiger partial charge in [-0.2, -0.15) is 0 Å². The Kier molecular flexibility index (Phi) is 4.28. The average Bonchev–Trinajstić information content (AvgIpc) is 2.85. The fourth-order valence-corrected chi connectivity index (χ4v) is 2.57. The molecule has 0 saturated heterocycles. The topological polar surface area (TPSA) is 36.3 Å². The third-order valence-electron chi connectivity index (χ3n) is 3.57. The van der Waals surface area contributed by atoms with E-state index in [0.717, 1.165) is 34.9 Å². The molecule has 0 amide bonds. The van der Waals surface area contributed by atoms with Crippen molar-refractivity contribution in [3.63, 3.8) is 0 Å². The average molecular weight is 296 g/mol. The normalized spacial score (nSPS) is 10.8. The van der Waals surface area contributed by atoms with Crippen molar-refractivity contribution in [2.45, 2.75) is 20.4 Å². The summed E-state index contributed by atoms with van der Waals surface area (Å²) in [7, 11) is 0. The van der Waals surface area contributed by atoms with E-state index in [-0.39, 0.29) is 0 Å². The highest BCUT2D eigenvalue weighted by molar-refractivity contribution is 5.75. The van der Waals surface area contributed by atoms with Crippen molar-refractivity contribution >= 4 is 11.0 Å². The van der Waals surface area contributed by atoms with E-state index in [1.165, 1.54) is 0 Å². The van der Waals surface area contributed by atoms with Crippen LogP contribution in [0.4, 0.5) is 0 Å². The Morgan fingerprint density at radius 3 is 2.41 bits per heavy atom. The Morgan fingerprint density at radius 1 is 0.955 bits per heavy atom. The molecule has 22 heavy (non-hydrogen) atoms. The Balaban J connectivity index is 1.71. The van der Waals surface area contributed by atoms with Gasteiger partial charge in [0.15, 0.2) is 11.5 Å². The second-order valence-corrected chi connectivity index (χ2v) is 5.03. The Hall–Kier alpha value is -2.49. The molecule has 0 aliphatic rings. The highest BCUT2D eigenvalue weighted by Gasteiger charge is 2.07. The second-order valence-electron chi connectivity index (χ2n) is 5.03. The molecule has 4 heteroatoms. The van der Waals surface area contributed by atoms with E-state index in [9.17, 15) is 0 Å². The van der Waals surface area contributed by atoms with Gasteiger partial charge in [-0.1, -0.05) is 24.3 Å². The zero-order chi connectivity index (χ0) is 15.4. The van der Waals surface area contributed by atoms with Gasteiger partial charge in [0.25, 0.3) is 0 Å². The van der Waals surface area contributed by atoms with Crippen LogP contribution in [-0.2, 0) is 6.54 Å². The van der Waals surface area contributed by atoms with Gasteiger partial charge < -0.3 is 14.0 Å². The molecule has 0 unspecified atom stereocenters. The second kappa shape index (κ2) is 6.52. The number of benzene rings is 2. The molecule has 0 saturated carbocycles. The summed E-state index contributed by atoms with van der Waals surface area (Å²) in [5.74, 6) is 2.58. The van der Waals surface area contributed by atoms with Crippen LogP contribution in [0.1, 0.15) is 12.7 Å². The van der Waals surface area contributed by atoms with Gasteiger partial charge in [0.2, 0.25) is 0 Å². The first-order valence-electron chi connectivity index (χ1n) is 7.56. The van der Waals surface area contributed by atoms with Crippen molar-refractivity contribution in [3.8, 4) is 11.5 Å². The summed E-state index contributed by atoms with van der Waals surface area (Å²) in [6.45, 7) is 5.95. The third-order valence-corrected chi connectivity index (χ3v) is 3.57. The molecule has 1 heterocycles. The Labute approximate surface area is 130 Å². The largest absolute Gasteiger partial charge is 0.490 e. The van der Waals surface area contributed by atoms with Gasteiger partial charge in [-0.05, 0) is 38.1 Å². The van der Waals surface area contributed by atoms with Gasteiger partial charge in [-0.3, -0.25) is 0 Å². The zero-order valence-electron chi connectivity index (χ0n) is 13.0. The van der Waals surface area contributed by atoms with Crippen molar-refractivity contribution in [2.75, 3.05) is 13.2 Å². The van der Waals surface area contributed by atoms with Crippen LogP contribution in [0.3, 0.4) is 0 Å². The van der Waals surface area contributed by atoms with E-state index in [0.29, 0.717) is 13.2 Å². The monoisotopic (exact) mass is 296 g/mol. The van der Waals surface area contributed by atoms with Gasteiger partial charge >= 0.3 is 0 Å². The fraction of sp³-hybridized carbons (Fsp3) is 0.278.